The Morgan fingerprint density at radius 3 is 3.00 bits per heavy atom. The summed E-state index contributed by atoms with van der Waals surface area (Å²) in [6, 6.07) is 8.54. The third kappa shape index (κ3) is 3.07. The van der Waals surface area contributed by atoms with Crippen molar-refractivity contribution in [1.29, 1.82) is 0 Å². The first kappa shape index (κ1) is 13.3. The van der Waals surface area contributed by atoms with Gasteiger partial charge in [0.05, 0.1) is 11.7 Å². The number of pyridine rings is 1. The van der Waals surface area contributed by atoms with E-state index in [9.17, 15) is 0 Å². The van der Waals surface area contributed by atoms with Crippen LogP contribution in [0.25, 0.3) is 0 Å². The molecule has 3 rings (SSSR count). The van der Waals surface area contributed by atoms with Crippen LogP contribution in [0.1, 0.15) is 48.9 Å². The molecule has 0 saturated carbocycles. The number of aryl methyl sites for hydroxylation is 1. The fourth-order valence-electron chi connectivity index (χ4n) is 2.93. The van der Waals surface area contributed by atoms with Crippen LogP contribution in [0.15, 0.2) is 35.0 Å². The van der Waals surface area contributed by atoms with Gasteiger partial charge in [0.15, 0.2) is 0 Å². The van der Waals surface area contributed by atoms with Gasteiger partial charge < -0.3 is 4.52 Å². The van der Waals surface area contributed by atoms with Crippen molar-refractivity contribution in [2.24, 2.45) is 0 Å². The average Bonchev–Trinajstić information content (AvgIpc) is 2.76. The maximum absolute atomic E-state index is 5.26. The predicted octanol–water partition coefficient (Wildman–Crippen LogP) is 3.50. The lowest BCUT2D eigenvalue weighted by Gasteiger charge is -2.27. The van der Waals surface area contributed by atoms with E-state index in [1.165, 1.54) is 19.3 Å². The maximum atomic E-state index is 5.26. The number of hydrogen-bond acceptors (Lipinski definition) is 4. The smallest absolute Gasteiger partial charge is 0.133 e. The van der Waals surface area contributed by atoms with Crippen LogP contribution in [0, 0.1) is 6.92 Å². The molecule has 0 aromatic carbocycles. The van der Waals surface area contributed by atoms with Gasteiger partial charge in [-0.15, -0.1) is 0 Å². The molecule has 4 heteroatoms. The van der Waals surface area contributed by atoms with Crippen LogP contribution in [0.5, 0.6) is 0 Å². The van der Waals surface area contributed by atoms with E-state index in [0.717, 1.165) is 36.7 Å². The third-order valence-corrected chi connectivity index (χ3v) is 3.94. The lowest BCUT2D eigenvalue weighted by molar-refractivity contribution is 0.181. The van der Waals surface area contributed by atoms with E-state index < -0.39 is 0 Å². The van der Waals surface area contributed by atoms with E-state index in [4.69, 9.17) is 4.52 Å². The fraction of sp³-hybridized carbons (Fsp3) is 0.500. The summed E-state index contributed by atoms with van der Waals surface area (Å²) in [4.78, 5) is 6.94. The zero-order valence-electron chi connectivity index (χ0n) is 12.0. The van der Waals surface area contributed by atoms with E-state index in [1.54, 1.807) is 0 Å². The van der Waals surface area contributed by atoms with Crippen LogP contribution in [-0.2, 0) is 6.54 Å². The number of rotatable bonds is 3. The molecule has 3 heterocycles. The standard InChI is InChI=1S/C16H21N3O/c1-13-11-15(18-20-13)16-8-3-2-6-10-19(16)12-14-7-4-5-9-17-14/h4-5,7,9,11,16H,2-3,6,8,10,12H2,1H3. The van der Waals surface area contributed by atoms with E-state index in [-0.39, 0.29) is 0 Å². The van der Waals surface area contributed by atoms with Gasteiger partial charge in [-0.25, -0.2) is 0 Å². The highest BCUT2D eigenvalue weighted by Gasteiger charge is 2.25. The minimum Gasteiger partial charge on any atom is -0.361 e. The Morgan fingerprint density at radius 2 is 2.25 bits per heavy atom. The van der Waals surface area contributed by atoms with Gasteiger partial charge >= 0.3 is 0 Å². The molecule has 0 radical (unpaired) electrons. The molecule has 4 nitrogen and oxygen atoms in total. The van der Waals surface area contributed by atoms with E-state index in [1.807, 2.05) is 19.2 Å². The highest BCUT2D eigenvalue weighted by Crippen LogP contribution is 2.30. The molecule has 0 spiro atoms. The highest BCUT2D eigenvalue weighted by molar-refractivity contribution is 5.11. The van der Waals surface area contributed by atoms with E-state index in [2.05, 4.69) is 33.2 Å². The van der Waals surface area contributed by atoms with Crippen molar-refractivity contribution >= 4 is 0 Å². The Balaban J connectivity index is 1.80. The quantitative estimate of drug-likeness (QED) is 0.857. The second kappa shape index (κ2) is 6.18. The molecule has 1 atom stereocenters. The Labute approximate surface area is 119 Å². The summed E-state index contributed by atoms with van der Waals surface area (Å²) >= 11 is 0. The third-order valence-electron chi connectivity index (χ3n) is 3.94. The Kier molecular flexibility index (Phi) is 4.11. The summed E-state index contributed by atoms with van der Waals surface area (Å²) in [5.74, 6) is 0.891. The summed E-state index contributed by atoms with van der Waals surface area (Å²) in [6.07, 6.45) is 6.82. The summed E-state index contributed by atoms with van der Waals surface area (Å²) in [7, 11) is 0. The van der Waals surface area contributed by atoms with E-state index >= 15 is 0 Å². The van der Waals surface area contributed by atoms with Gasteiger partial charge in [0.1, 0.15) is 11.5 Å². The number of hydrogen-bond donors (Lipinski definition) is 0. The molecule has 1 fully saturated rings. The highest BCUT2D eigenvalue weighted by atomic mass is 16.5. The zero-order valence-corrected chi connectivity index (χ0v) is 12.0. The van der Waals surface area contributed by atoms with Gasteiger partial charge in [0.2, 0.25) is 0 Å². The summed E-state index contributed by atoms with van der Waals surface area (Å²) in [6.45, 7) is 3.95. The SMILES string of the molecule is Cc1cc(C2CCCCCN2Cc2ccccn2)no1. The first-order chi connectivity index (χ1) is 9.83. The molecule has 1 unspecified atom stereocenters. The molecule has 1 aliphatic rings. The second-order valence-corrected chi connectivity index (χ2v) is 5.52. The van der Waals surface area contributed by atoms with Crippen molar-refractivity contribution in [1.82, 2.24) is 15.0 Å². The summed E-state index contributed by atoms with van der Waals surface area (Å²) < 4.78 is 5.26. The lowest BCUT2D eigenvalue weighted by Crippen LogP contribution is -2.28. The molecule has 2 aromatic rings. The van der Waals surface area contributed by atoms with Crippen molar-refractivity contribution in [3.63, 3.8) is 0 Å². The molecule has 1 saturated heterocycles. The zero-order chi connectivity index (χ0) is 13.8. The molecule has 106 valence electrons. The van der Waals surface area contributed by atoms with Crippen molar-refractivity contribution < 1.29 is 4.52 Å². The predicted molar refractivity (Wildman–Crippen MR) is 77.1 cm³/mol. The van der Waals surface area contributed by atoms with Crippen LogP contribution < -0.4 is 0 Å². The molecule has 0 amide bonds. The number of nitrogens with zero attached hydrogens (tertiary/aromatic N) is 3. The normalized spacial score (nSPS) is 20.8. The van der Waals surface area contributed by atoms with Gasteiger partial charge in [0, 0.05) is 18.8 Å². The molecular formula is C16H21N3O. The van der Waals surface area contributed by atoms with Crippen LogP contribution in [-0.4, -0.2) is 21.6 Å². The van der Waals surface area contributed by atoms with Gasteiger partial charge in [-0.2, -0.15) is 0 Å². The van der Waals surface area contributed by atoms with Gasteiger partial charge in [-0.3, -0.25) is 9.88 Å². The topological polar surface area (TPSA) is 42.2 Å². The average molecular weight is 271 g/mol. The van der Waals surface area contributed by atoms with Crippen LogP contribution in [0.3, 0.4) is 0 Å². The minimum atomic E-state index is 0.358. The minimum absolute atomic E-state index is 0.358. The second-order valence-electron chi connectivity index (χ2n) is 5.52. The van der Waals surface area contributed by atoms with E-state index in [0.29, 0.717) is 6.04 Å². The van der Waals surface area contributed by atoms with Crippen LogP contribution >= 0.6 is 0 Å². The van der Waals surface area contributed by atoms with Gasteiger partial charge in [-0.05, 0) is 38.4 Å². The number of likely N-dealkylation sites (tertiary alicyclic amines) is 1. The van der Waals surface area contributed by atoms with Crippen LogP contribution in [0.2, 0.25) is 0 Å². The van der Waals surface area contributed by atoms with Crippen molar-refractivity contribution in [2.45, 2.75) is 45.2 Å². The monoisotopic (exact) mass is 271 g/mol. The largest absolute Gasteiger partial charge is 0.361 e. The van der Waals surface area contributed by atoms with Gasteiger partial charge in [0.25, 0.3) is 0 Å². The Bertz CT molecular complexity index is 538. The van der Waals surface area contributed by atoms with Gasteiger partial charge in [-0.1, -0.05) is 24.1 Å². The fourth-order valence-corrected chi connectivity index (χ4v) is 2.93. The molecular weight excluding hydrogens is 250 g/mol. The van der Waals surface area contributed by atoms with Crippen molar-refractivity contribution in [3.05, 3.63) is 47.6 Å². The first-order valence-electron chi connectivity index (χ1n) is 7.40. The molecule has 0 aliphatic carbocycles. The molecule has 1 aliphatic heterocycles. The Hall–Kier alpha value is -1.68. The molecule has 20 heavy (non-hydrogen) atoms. The Morgan fingerprint density at radius 1 is 1.30 bits per heavy atom. The maximum Gasteiger partial charge on any atom is 0.133 e. The van der Waals surface area contributed by atoms with Crippen molar-refractivity contribution in [3.8, 4) is 0 Å². The number of aromatic nitrogens is 2. The lowest BCUT2D eigenvalue weighted by atomic mass is 10.1. The first-order valence-corrected chi connectivity index (χ1v) is 7.40. The van der Waals surface area contributed by atoms with Crippen LogP contribution in [0.4, 0.5) is 0 Å². The molecule has 2 aromatic heterocycles. The molecule has 0 bridgehead atoms. The van der Waals surface area contributed by atoms with Crippen molar-refractivity contribution in [2.75, 3.05) is 6.54 Å². The summed E-state index contributed by atoms with van der Waals surface area (Å²) in [5.41, 5.74) is 2.19. The molecule has 0 N–H and O–H groups in total. The summed E-state index contributed by atoms with van der Waals surface area (Å²) in [5, 5.41) is 4.24.